The van der Waals surface area contributed by atoms with Gasteiger partial charge >= 0.3 is 0 Å². The van der Waals surface area contributed by atoms with E-state index in [4.69, 9.17) is 4.98 Å². The topological polar surface area (TPSA) is 70.5 Å². The number of amides is 1. The van der Waals surface area contributed by atoms with E-state index in [2.05, 4.69) is 25.8 Å². The molecule has 2 aliphatic rings. The van der Waals surface area contributed by atoms with Gasteiger partial charge in [0, 0.05) is 11.8 Å². The number of nitrogens with one attached hydrogen (secondary N) is 2. The van der Waals surface area contributed by atoms with Crippen molar-refractivity contribution in [1.29, 1.82) is 0 Å². The summed E-state index contributed by atoms with van der Waals surface area (Å²) in [5, 5.41) is 0.826. The molecule has 28 heavy (non-hydrogen) atoms. The highest BCUT2D eigenvalue weighted by molar-refractivity contribution is 7.18. The minimum Gasteiger partial charge on any atom is -0.332 e. The molecular formula is C21H31N4O2S+. The van der Waals surface area contributed by atoms with Gasteiger partial charge in [0.2, 0.25) is 5.91 Å². The average molecular weight is 404 g/mol. The third kappa shape index (κ3) is 3.74. The number of hydrogen-bond donors (Lipinski definition) is 2. The maximum Gasteiger partial charge on any atom is 0.260 e. The van der Waals surface area contributed by atoms with Crippen LogP contribution in [0.15, 0.2) is 4.79 Å². The van der Waals surface area contributed by atoms with Crippen LogP contribution in [-0.2, 0) is 24.2 Å². The Labute approximate surface area is 169 Å². The van der Waals surface area contributed by atoms with E-state index in [1.807, 2.05) is 4.90 Å². The molecule has 4 rings (SSSR count). The summed E-state index contributed by atoms with van der Waals surface area (Å²) in [5.74, 6) is 1.58. The molecule has 3 heterocycles. The van der Waals surface area contributed by atoms with Crippen molar-refractivity contribution in [2.45, 2.75) is 53.5 Å². The van der Waals surface area contributed by atoms with Crippen molar-refractivity contribution in [1.82, 2.24) is 14.9 Å². The third-order valence-electron chi connectivity index (χ3n) is 6.53. The van der Waals surface area contributed by atoms with Crippen LogP contribution < -0.4 is 10.5 Å². The van der Waals surface area contributed by atoms with Gasteiger partial charge in [0.25, 0.3) is 5.56 Å². The molecule has 0 radical (unpaired) electrons. The predicted octanol–water partition coefficient (Wildman–Crippen LogP) is 1.38. The molecule has 1 saturated heterocycles. The van der Waals surface area contributed by atoms with Crippen LogP contribution in [-0.4, -0.2) is 47.0 Å². The van der Waals surface area contributed by atoms with E-state index in [9.17, 15) is 9.59 Å². The van der Waals surface area contributed by atoms with Crippen molar-refractivity contribution in [2.75, 3.05) is 26.2 Å². The first-order valence-corrected chi connectivity index (χ1v) is 11.2. The lowest BCUT2D eigenvalue weighted by Gasteiger charge is -2.33. The van der Waals surface area contributed by atoms with Gasteiger partial charge in [0.15, 0.2) is 5.82 Å². The summed E-state index contributed by atoms with van der Waals surface area (Å²) in [5.41, 5.74) is 1.56. The lowest BCUT2D eigenvalue weighted by molar-refractivity contribution is -0.918. The number of aromatic nitrogens is 2. The Morgan fingerprint density at radius 1 is 1.32 bits per heavy atom. The van der Waals surface area contributed by atoms with E-state index in [1.54, 1.807) is 18.3 Å². The van der Waals surface area contributed by atoms with Crippen LogP contribution in [0.3, 0.4) is 0 Å². The molecule has 1 fully saturated rings. The SMILES string of the molecule is CC(=O)N1CC[NH+](Cc2nc3sc4c(c3c(=O)[nH]2)CC[C@H](C(C)(C)C)C4)CC1. The number of aromatic amines is 1. The molecule has 0 saturated carbocycles. The second kappa shape index (κ2) is 7.26. The fourth-order valence-electron chi connectivity index (χ4n) is 4.60. The number of rotatable bonds is 2. The fourth-order valence-corrected chi connectivity index (χ4v) is 5.92. The zero-order chi connectivity index (χ0) is 20.1. The van der Waals surface area contributed by atoms with Crippen molar-refractivity contribution in [3.8, 4) is 0 Å². The van der Waals surface area contributed by atoms with Crippen LogP contribution in [0.1, 0.15) is 50.4 Å². The van der Waals surface area contributed by atoms with Gasteiger partial charge in [-0.25, -0.2) is 4.98 Å². The van der Waals surface area contributed by atoms with Crippen molar-refractivity contribution >= 4 is 27.5 Å². The number of piperazine rings is 1. The lowest BCUT2D eigenvalue weighted by Crippen LogP contribution is -3.13. The van der Waals surface area contributed by atoms with E-state index >= 15 is 0 Å². The van der Waals surface area contributed by atoms with Crippen molar-refractivity contribution in [2.24, 2.45) is 11.3 Å². The number of aryl methyl sites for hydroxylation is 1. The Balaban J connectivity index is 1.55. The van der Waals surface area contributed by atoms with Gasteiger partial charge in [-0.1, -0.05) is 20.8 Å². The molecule has 2 aromatic rings. The summed E-state index contributed by atoms with van der Waals surface area (Å²) in [6.07, 6.45) is 3.20. The predicted molar refractivity (Wildman–Crippen MR) is 112 cm³/mol. The Morgan fingerprint density at radius 3 is 2.68 bits per heavy atom. The molecule has 152 valence electrons. The number of quaternary nitrogens is 1. The highest BCUT2D eigenvalue weighted by Gasteiger charge is 2.32. The molecular weight excluding hydrogens is 372 g/mol. The van der Waals surface area contributed by atoms with Crippen LogP contribution in [0.25, 0.3) is 10.2 Å². The van der Waals surface area contributed by atoms with Crippen LogP contribution in [0, 0.1) is 11.3 Å². The maximum atomic E-state index is 12.8. The van der Waals surface area contributed by atoms with Gasteiger partial charge in [-0.15, -0.1) is 11.3 Å². The number of thiophene rings is 1. The van der Waals surface area contributed by atoms with E-state index < -0.39 is 0 Å². The monoisotopic (exact) mass is 403 g/mol. The van der Waals surface area contributed by atoms with E-state index in [0.29, 0.717) is 17.9 Å². The Bertz CT molecular complexity index is 948. The molecule has 0 bridgehead atoms. The second-order valence-corrected chi connectivity index (χ2v) is 10.5. The van der Waals surface area contributed by atoms with E-state index in [0.717, 1.165) is 61.5 Å². The number of nitrogens with zero attached hydrogens (tertiary/aromatic N) is 2. The molecule has 0 unspecified atom stereocenters. The summed E-state index contributed by atoms with van der Waals surface area (Å²) in [4.78, 5) is 37.7. The standard InChI is InChI=1S/C21H30N4O2S/c1-13(26)25-9-7-24(8-10-25)12-17-22-19(27)18-15-6-5-14(21(2,3)4)11-16(15)28-20(18)23-17/h14H,5-12H2,1-4H3,(H,22,23,27)/p+1/t14-/m0/s1. The molecule has 0 aromatic carbocycles. The summed E-state index contributed by atoms with van der Waals surface area (Å²) in [6, 6.07) is 0. The van der Waals surface area contributed by atoms with Crippen LogP contribution in [0.4, 0.5) is 0 Å². The summed E-state index contributed by atoms with van der Waals surface area (Å²) < 4.78 is 0. The Morgan fingerprint density at radius 2 is 2.04 bits per heavy atom. The van der Waals surface area contributed by atoms with Crippen LogP contribution >= 0.6 is 11.3 Å². The zero-order valence-electron chi connectivity index (χ0n) is 17.4. The van der Waals surface area contributed by atoms with E-state index in [1.165, 1.54) is 15.3 Å². The molecule has 1 amide bonds. The smallest absolute Gasteiger partial charge is 0.260 e. The summed E-state index contributed by atoms with van der Waals surface area (Å²) in [6.45, 7) is 12.6. The average Bonchev–Trinajstić information content (AvgIpc) is 2.99. The van der Waals surface area contributed by atoms with E-state index in [-0.39, 0.29) is 11.5 Å². The number of H-pyrrole nitrogens is 1. The molecule has 2 aromatic heterocycles. The summed E-state index contributed by atoms with van der Waals surface area (Å²) >= 11 is 1.72. The first-order chi connectivity index (χ1) is 13.2. The first-order valence-electron chi connectivity index (χ1n) is 10.3. The second-order valence-electron chi connectivity index (χ2n) is 9.44. The molecule has 1 atom stereocenters. The number of carbonyl (C=O) groups excluding carboxylic acids is 1. The normalized spacial score (nSPS) is 21.1. The minimum atomic E-state index is 0.0217. The van der Waals surface area contributed by atoms with Gasteiger partial charge in [-0.2, -0.15) is 0 Å². The Kier molecular flexibility index (Phi) is 5.08. The first kappa shape index (κ1) is 19.6. The zero-order valence-corrected chi connectivity index (χ0v) is 18.2. The largest absolute Gasteiger partial charge is 0.332 e. The highest BCUT2D eigenvalue weighted by atomic mass is 32.1. The number of hydrogen-bond acceptors (Lipinski definition) is 4. The van der Waals surface area contributed by atoms with Gasteiger partial charge in [0.05, 0.1) is 31.6 Å². The van der Waals surface area contributed by atoms with Gasteiger partial charge < -0.3 is 14.8 Å². The maximum absolute atomic E-state index is 12.8. The van der Waals surface area contributed by atoms with Crippen LogP contribution in [0.2, 0.25) is 0 Å². The van der Waals surface area contributed by atoms with Crippen LogP contribution in [0.5, 0.6) is 0 Å². The van der Waals surface area contributed by atoms with Crippen molar-refractivity contribution in [3.05, 3.63) is 26.6 Å². The van der Waals surface area contributed by atoms with Crippen molar-refractivity contribution < 1.29 is 9.69 Å². The molecule has 1 aliphatic carbocycles. The third-order valence-corrected chi connectivity index (χ3v) is 7.67. The molecule has 6 nitrogen and oxygen atoms in total. The molecule has 2 N–H and O–H groups in total. The minimum absolute atomic E-state index is 0.0217. The summed E-state index contributed by atoms with van der Waals surface area (Å²) in [7, 11) is 0. The highest BCUT2D eigenvalue weighted by Crippen LogP contribution is 2.41. The van der Waals surface area contributed by atoms with Gasteiger partial charge in [0.1, 0.15) is 11.4 Å². The number of carbonyl (C=O) groups is 1. The lowest BCUT2D eigenvalue weighted by atomic mass is 9.72. The number of fused-ring (bicyclic) bond motifs is 3. The quantitative estimate of drug-likeness (QED) is 0.796. The Hall–Kier alpha value is -1.73. The van der Waals surface area contributed by atoms with Crippen molar-refractivity contribution in [3.63, 3.8) is 0 Å². The molecule has 7 heteroatoms. The van der Waals surface area contributed by atoms with Gasteiger partial charge in [-0.3, -0.25) is 9.59 Å². The van der Waals surface area contributed by atoms with Gasteiger partial charge in [-0.05, 0) is 36.2 Å². The fraction of sp³-hybridized carbons (Fsp3) is 0.667. The molecule has 1 aliphatic heterocycles. The molecule has 0 spiro atoms.